The van der Waals surface area contributed by atoms with Crippen LogP contribution in [0, 0.1) is 28.6 Å². The third kappa shape index (κ3) is 2.22. The predicted molar refractivity (Wildman–Crippen MR) is 104 cm³/mol. The fourth-order valence-corrected chi connectivity index (χ4v) is 7.92. The van der Waals surface area contributed by atoms with Crippen LogP contribution in [0.2, 0.25) is 0 Å². The average molecular weight is 421 g/mol. The minimum atomic E-state index is -0.527. The van der Waals surface area contributed by atoms with E-state index >= 15 is 0 Å². The number of epoxide rings is 1. The molecule has 0 unspecified atom stereocenters. The van der Waals surface area contributed by atoms with E-state index in [1.54, 1.807) is 13.4 Å². The lowest BCUT2D eigenvalue weighted by Crippen LogP contribution is -2.76. The maximum absolute atomic E-state index is 12.1. The van der Waals surface area contributed by atoms with E-state index in [9.17, 15) is 4.79 Å². The molecule has 2 saturated carbocycles. The number of carbonyl (C=O) groups excluding carboxylic acids is 1. The highest BCUT2D eigenvalue weighted by Crippen LogP contribution is 2.74. The molecule has 0 aromatic heterocycles. The summed E-state index contributed by atoms with van der Waals surface area (Å²) in [6.45, 7) is 6.82. The number of rotatable bonds is 3. The third-order valence-electron chi connectivity index (χ3n) is 9.42. The van der Waals surface area contributed by atoms with E-state index in [1.165, 1.54) is 6.92 Å². The monoisotopic (exact) mass is 420 g/mol. The number of carbonyl (C=O) groups is 1. The Morgan fingerprint density at radius 3 is 2.67 bits per heavy atom. The van der Waals surface area contributed by atoms with Crippen molar-refractivity contribution in [3.8, 4) is 0 Å². The quantitative estimate of drug-likeness (QED) is 0.513. The Morgan fingerprint density at radius 1 is 1.20 bits per heavy atom. The molecule has 4 saturated heterocycles. The van der Waals surface area contributed by atoms with Crippen LogP contribution in [0.4, 0.5) is 0 Å². The van der Waals surface area contributed by atoms with Crippen molar-refractivity contribution in [3.63, 3.8) is 0 Å². The molecule has 6 fully saturated rings. The van der Waals surface area contributed by atoms with E-state index in [0.29, 0.717) is 18.4 Å². The van der Waals surface area contributed by atoms with Gasteiger partial charge in [-0.15, -0.1) is 0 Å². The second-order valence-corrected chi connectivity index (χ2v) is 10.5. The van der Waals surface area contributed by atoms with Gasteiger partial charge in [-0.2, -0.15) is 0 Å². The lowest BCUT2D eigenvalue weighted by atomic mass is 9.40. The van der Waals surface area contributed by atoms with Gasteiger partial charge in [-0.1, -0.05) is 13.8 Å². The second-order valence-electron chi connectivity index (χ2n) is 10.5. The zero-order chi connectivity index (χ0) is 20.9. The van der Waals surface area contributed by atoms with Gasteiger partial charge in [0.1, 0.15) is 11.7 Å². The molecule has 166 valence electrons. The van der Waals surface area contributed by atoms with Crippen molar-refractivity contribution in [2.24, 2.45) is 28.6 Å². The number of hydrogen-bond donors (Lipinski definition) is 0. The number of esters is 1. The van der Waals surface area contributed by atoms with Gasteiger partial charge in [0.25, 0.3) is 0 Å². The van der Waals surface area contributed by atoms with Crippen LogP contribution in [-0.4, -0.2) is 56.2 Å². The molecule has 7 nitrogen and oxygen atoms in total. The largest absolute Gasteiger partial charge is 0.472 e. The van der Waals surface area contributed by atoms with Gasteiger partial charge in [-0.3, -0.25) is 4.79 Å². The van der Waals surface area contributed by atoms with Crippen LogP contribution in [0.25, 0.3) is 0 Å². The molecule has 2 aliphatic carbocycles. The Kier molecular flexibility index (Phi) is 4.04. The van der Waals surface area contributed by atoms with Crippen molar-refractivity contribution in [1.29, 1.82) is 0 Å². The molecule has 0 aromatic rings. The summed E-state index contributed by atoms with van der Waals surface area (Å²) in [5.41, 5.74) is -0.997. The zero-order valence-corrected chi connectivity index (χ0v) is 18.2. The Hall–Kier alpha value is -1.15. The van der Waals surface area contributed by atoms with Gasteiger partial charge in [-0.05, 0) is 37.2 Å². The van der Waals surface area contributed by atoms with Gasteiger partial charge >= 0.3 is 5.97 Å². The molecule has 7 aliphatic rings. The minimum absolute atomic E-state index is 0.0697. The summed E-state index contributed by atoms with van der Waals surface area (Å²) in [4.78, 5) is 12.1. The molecule has 5 aliphatic heterocycles. The lowest BCUT2D eigenvalue weighted by molar-refractivity contribution is -0.380. The summed E-state index contributed by atoms with van der Waals surface area (Å²) in [6.07, 6.45) is 6.57. The van der Waals surface area contributed by atoms with Crippen molar-refractivity contribution in [2.45, 2.75) is 82.9 Å². The summed E-state index contributed by atoms with van der Waals surface area (Å²) >= 11 is 0. The van der Waals surface area contributed by atoms with Crippen LogP contribution < -0.4 is 0 Å². The predicted octanol–water partition coefficient (Wildman–Crippen LogP) is 2.78. The van der Waals surface area contributed by atoms with Crippen molar-refractivity contribution >= 4 is 5.97 Å². The highest BCUT2D eigenvalue weighted by atomic mass is 16.7. The molecule has 30 heavy (non-hydrogen) atoms. The van der Waals surface area contributed by atoms with E-state index in [0.717, 1.165) is 25.7 Å². The van der Waals surface area contributed by atoms with Gasteiger partial charge < -0.3 is 28.4 Å². The first-order valence-corrected chi connectivity index (χ1v) is 11.3. The summed E-state index contributed by atoms with van der Waals surface area (Å²) < 4.78 is 36.8. The highest BCUT2D eigenvalue weighted by molar-refractivity contribution is 5.66. The molecule has 11 atom stereocenters. The Balaban J connectivity index is 1.47. The summed E-state index contributed by atoms with van der Waals surface area (Å²) in [5.74, 6) is 0.554. The summed E-state index contributed by atoms with van der Waals surface area (Å²) in [6, 6.07) is 0. The molecule has 7 rings (SSSR count). The topological polar surface area (TPSA) is 75.8 Å². The third-order valence-corrected chi connectivity index (χ3v) is 9.42. The van der Waals surface area contributed by atoms with Gasteiger partial charge in [0.05, 0.1) is 30.5 Å². The van der Waals surface area contributed by atoms with Gasteiger partial charge in [0, 0.05) is 31.8 Å². The van der Waals surface area contributed by atoms with Crippen LogP contribution in [0.15, 0.2) is 12.3 Å². The molecule has 0 radical (unpaired) electrons. The Bertz CT molecular complexity index is 778. The molecule has 2 bridgehead atoms. The molecular formula is C23H32O7. The van der Waals surface area contributed by atoms with E-state index in [1.807, 2.05) is 0 Å². The van der Waals surface area contributed by atoms with Gasteiger partial charge in [-0.25, -0.2) is 0 Å². The van der Waals surface area contributed by atoms with Crippen molar-refractivity contribution in [3.05, 3.63) is 12.3 Å². The number of methoxy groups -OCH3 is 1. The van der Waals surface area contributed by atoms with Crippen LogP contribution in [-0.2, 0) is 33.2 Å². The second kappa shape index (κ2) is 6.21. The molecule has 2 spiro atoms. The SMILES string of the molecule is CO[C@H]1O[C@@H]2C[C@@H]3[C@@](C)([C@@H]4C[C@H]5C=CO[C@H]5O4)[C@H](C)C[C@H](OC(C)=O)[C@]13[C@@]1(CO1)C2. The van der Waals surface area contributed by atoms with E-state index in [-0.39, 0.29) is 47.5 Å². The molecule has 0 amide bonds. The molecule has 0 N–H and O–H groups in total. The fraction of sp³-hybridized carbons (Fsp3) is 0.870. The first kappa shape index (κ1) is 19.5. The highest BCUT2D eigenvalue weighted by Gasteiger charge is 2.82. The standard InChI is InChI=1S/C23H32O7/c1-12-7-18(28-13(2)24)23-16(9-15(29-20(23)25-4)10-22(23)11-27-22)21(12,3)17-8-14-5-6-26-19(14)30-17/h5-6,12,14-20H,7-11H2,1-4H3/t12-,14-,15-,16-,17+,18+,19+,20+,21+,22+,23+/m1/s1. The summed E-state index contributed by atoms with van der Waals surface area (Å²) in [7, 11) is 1.70. The number of fused-ring (bicyclic) bond motifs is 2. The molecule has 5 heterocycles. The first-order valence-electron chi connectivity index (χ1n) is 11.3. The zero-order valence-electron chi connectivity index (χ0n) is 18.2. The van der Waals surface area contributed by atoms with Gasteiger partial charge in [0.15, 0.2) is 6.29 Å². The normalized spacial score (nSPS) is 57.7. The minimum Gasteiger partial charge on any atom is -0.472 e. The average Bonchev–Trinajstić information content (AvgIpc) is 3.12. The Labute approximate surface area is 177 Å². The van der Waals surface area contributed by atoms with E-state index < -0.39 is 11.7 Å². The molecule has 7 heteroatoms. The number of ether oxygens (including phenoxy) is 6. The van der Waals surface area contributed by atoms with Crippen LogP contribution in [0.1, 0.15) is 46.5 Å². The van der Waals surface area contributed by atoms with Gasteiger partial charge in [0.2, 0.25) is 6.29 Å². The van der Waals surface area contributed by atoms with E-state index in [2.05, 4.69) is 19.9 Å². The lowest BCUT2D eigenvalue weighted by Gasteiger charge is -2.69. The molecular weight excluding hydrogens is 388 g/mol. The van der Waals surface area contributed by atoms with Crippen LogP contribution in [0.5, 0.6) is 0 Å². The van der Waals surface area contributed by atoms with Crippen molar-refractivity contribution in [1.82, 2.24) is 0 Å². The first-order chi connectivity index (χ1) is 14.3. The van der Waals surface area contributed by atoms with Crippen LogP contribution >= 0.6 is 0 Å². The fourth-order valence-electron chi connectivity index (χ4n) is 7.92. The maximum atomic E-state index is 12.1. The Morgan fingerprint density at radius 2 is 2.00 bits per heavy atom. The maximum Gasteiger partial charge on any atom is 0.302 e. The van der Waals surface area contributed by atoms with E-state index in [4.69, 9.17) is 28.4 Å². The van der Waals surface area contributed by atoms with Crippen LogP contribution in [0.3, 0.4) is 0 Å². The van der Waals surface area contributed by atoms with Crippen molar-refractivity contribution < 1.29 is 33.2 Å². The summed E-state index contributed by atoms with van der Waals surface area (Å²) in [5, 5.41) is 0. The van der Waals surface area contributed by atoms with Crippen molar-refractivity contribution in [2.75, 3.05) is 13.7 Å². The smallest absolute Gasteiger partial charge is 0.302 e. The molecule has 0 aromatic carbocycles. The number of hydrogen-bond acceptors (Lipinski definition) is 7.